The Balaban J connectivity index is 2.78. The summed E-state index contributed by atoms with van der Waals surface area (Å²) in [5.74, 6) is -2.78. The molecule has 1 rings (SSSR count). The van der Waals surface area contributed by atoms with Crippen molar-refractivity contribution in [3.63, 3.8) is 0 Å². The van der Waals surface area contributed by atoms with Gasteiger partial charge in [-0.3, -0.25) is 4.79 Å². The zero-order valence-corrected chi connectivity index (χ0v) is 7.64. The van der Waals surface area contributed by atoms with Crippen LogP contribution in [0.15, 0.2) is 0 Å². The van der Waals surface area contributed by atoms with Crippen molar-refractivity contribution in [3.05, 3.63) is 0 Å². The molecule has 0 spiro atoms. The van der Waals surface area contributed by atoms with Crippen molar-refractivity contribution in [2.45, 2.75) is 25.6 Å². The number of piperidine rings is 1. The Hall–Kier alpha value is -0.780. The molecular weight excluding hydrogens is 199 g/mol. The molecule has 1 aliphatic heterocycles. The number of alkyl halides is 3. The normalized spacial score (nSPS) is 34.1. The second kappa shape index (κ2) is 3.76. The molecule has 0 saturated carbocycles. The van der Waals surface area contributed by atoms with Gasteiger partial charge in [0.25, 0.3) is 0 Å². The van der Waals surface area contributed by atoms with Crippen molar-refractivity contribution in [2.24, 2.45) is 11.8 Å². The molecule has 0 aromatic rings. The molecule has 1 heterocycles. The van der Waals surface area contributed by atoms with Crippen LogP contribution in [-0.4, -0.2) is 29.8 Å². The van der Waals surface area contributed by atoms with Crippen molar-refractivity contribution in [3.8, 4) is 0 Å². The maximum atomic E-state index is 12.4. The fourth-order valence-corrected chi connectivity index (χ4v) is 1.71. The first-order valence-corrected chi connectivity index (χ1v) is 4.35. The monoisotopic (exact) mass is 211 g/mol. The first kappa shape index (κ1) is 11.3. The van der Waals surface area contributed by atoms with E-state index in [2.05, 4.69) is 5.32 Å². The SMILES string of the molecule is CC1CNC(C(F)(F)F)C(C(=O)O)C1. The van der Waals surface area contributed by atoms with E-state index in [1.54, 1.807) is 6.92 Å². The summed E-state index contributed by atoms with van der Waals surface area (Å²) in [4.78, 5) is 10.6. The van der Waals surface area contributed by atoms with Crippen molar-refractivity contribution >= 4 is 5.97 Å². The van der Waals surface area contributed by atoms with Gasteiger partial charge in [-0.05, 0) is 18.9 Å². The van der Waals surface area contributed by atoms with Crippen LogP contribution in [-0.2, 0) is 4.79 Å². The molecule has 1 aliphatic rings. The molecule has 0 amide bonds. The molecule has 0 radical (unpaired) electrons. The molecule has 1 fully saturated rings. The number of halogens is 3. The summed E-state index contributed by atoms with van der Waals surface area (Å²) >= 11 is 0. The molecule has 0 bridgehead atoms. The molecule has 0 aromatic carbocycles. The van der Waals surface area contributed by atoms with Gasteiger partial charge >= 0.3 is 12.1 Å². The molecule has 3 atom stereocenters. The highest BCUT2D eigenvalue weighted by molar-refractivity contribution is 5.71. The van der Waals surface area contributed by atoms with Crippen molar-refractivity contribution < 1.29 is 23.1 Å². The third-order valence-corrected chi connectivity index (χ3v) is 2.41. The average Bonchev–Trinajstić information content (AvgIpc) is 2.01. The van der Waals surface area contributed by atoms with Crippen LogP contribution in [0.1, 0.15) is 13.3 Å². The largest absolute Gasteiger partial charge is 0.481 e. The molecule has 3 nitrogen and oxygen atoms in total. The van der Waals surface area contributed by atoms with Gasteiger partial charge in [-0.25, -0.2) is 0 Å². The zero-order valence-electron chi connectivity index (χ0n) is 7.64. The summed E-state index contributed by atoms with van der Waals surface area (Å²) in [6.07, 6.45) is -4.41. The Labute approximate surface area is 79.3 Å². The van der Waals surface area contributed by atoms with E-state index in [-0.39, 0.29) is 18.9 Å². The number of nitrogens with one attached hydrogen (secondary N) is 1. The van der Waals surface area contributed by atoms with E-state index in [0.29, 0.717) is 0 Å². The standard InChI is InChI=1S/C8H12F3NO2/c1-4-2-5(7(13)14)6(12-3-4)8(9,10)11/h4-6,12H,2-3H2,1H3,(H,13,14). The highest BCUT2D eigenvalue weighted by Gasteiger charge is 2.49. The smallest absolute Gasteiger partial charge is 0.404 e. The first-order valence-electron chi connectivity index (χ1n) is 4.35. The van der Waals surface area contributed by atoms with Gasteiger partial charge in [0.15, 0.2) is 0 Å². The molecule has 1 saturated heterocycles. The van der Waals surface area contributed by atoms with E-state index in [9.17, 15) is 18.0 Å². The highest BCUT2D eigenvalue weighted by Crippen LogP contribution is 2.32. The predicted molar refractivity (Wildman–Crippen MR) is 42.8 cm³/mol. The lowest BCUT2D eigenvalue weighted by molar-refractivity contribution is -0.185. The van der Waals surface area contributed by atoms with Crippen molar-refractivity contribution in [1.82, 2.24) is 5.32 Å². The van der Waals surface area contributed by atoms with Crippen LogP contribution in [0.25, 0.3) is 0 Å². The van der Waals surface area contributed by atoms with Crippen molar-refractivity contribution in [2.75, 3.05) is 6.54 Å². The number of carboxylic acids is 1. The second-order valence-electron chi connectivity index (χ2n) is 3.71. The van der Waals surface area contributed by atoms with E-state index >= 15 is 0 Å². The Bertz CT molecular complexity index is 229. The summed E-state index contributed by atoms with van der Waals surface area (Å²) in [6, 6.07) is -1.91. The average molecular weight is 211 g/mol. The molecule has 2 N–H and O–H groups in total. The quantitative estimate of drug-likeness (QED) is 0.686. The number of rotatable bonds is 1. The summed E-state index contributed by atoms with van der Waals surface area (Å²) in [5, 5.41) is 10.9. The van der Waals surface area contributed by atoms with Crippen LogP contribution >= 0.6 is 0 Å². The van der Waals surface area contributed by atoms with Gasteiger partial charge in [0.05, 0.1) is 5.92 Å². The van der Waals surface area contributed by atoms with Gasteiger partial charge < -0.3 is 10.4 Å². The summed E-state index contributed by atoms with van der Waals surface area (Å²) in [7, 11) is 0. The van der Waals surface area contributed by atoms with Crippen LogP contribution in [0, 0.1) is 11.8 Å². The Morgan fingerprint density at radius 2 is 2.07 bits per heavy atom. The molecular formula is C8H12F3NO2. The van der Waals surface area contributed by atoms with Gasteiger partial charge in [-0.2, -0.15) is 13.2 Å². The van der Waals surface area contributed by atoms with Crippen LogP contribution in [0.2, 0.25) is 0 Å². The predicted octanol–water partition coefficient (Wildman–Crippen LogP) is 1.25. The minimum atomic E-state index is -4.48. The number of carboxylic acid groups (broad SMARTS) is 1. The second-order valence-corrected chi connectivity index (χ2v) is 3.71. The molecule has 6 heteroatoms. The lowest BCUT2D eigenvalue weighted by Gasteiger charge is -2.34. The van der Waals surface area contributed by atoms with Crippen molar-refractivity contribution in [1.29, 1.82) is 0 Å². The summed E-state index contributed by atoms with van der Waals surface area (Å²) in [5.41, 5.74) is 0. The molecule has 0 aromatic heterocycles. The van der Waals surface area contributed by atoms with Crippen LogP contribution < -0.4 is 5.32 Å². The summed E-state index contributed by atoms with van der Waals surface area (Å²) in [6.45, 7) is 1.95. The van der Waals surface area contributed by atoms with Gasteiger partial charge in [0.1, 0.15) is 6.04 Å². The van der Waals surface area contributed by atoms with Gasteiger partial charge in [-0.1, -0.05) is 6.92 Å². The zero-order chi connectivity index (χ0) is 10.9. The fraction of sp³-hybridized carbons (Fsp3) is 0.875. The maximum Gasteiger partial charge on any atom is 0.404 e. The number of hydrogen-bond acceptors (Lipinski definition) is 2. The fourth-order valence-electron chi connectivity index (χ4n) is 1.71. The lowest BCUT2D eigenvalue weighted by atomic mass is 9.85. The topological polar surface area (TPSA) is 49.3 Å². The van der Waals surface area contributed by atoms with Gasteiger partial charge in [0, 0.05) is 0 Å². The van der Waals surface area contributed by atoms with E-state index in [1.165, 1.54) is 0 Å². The number of aliphatic carboxylic acids is 1. The Morgan fingerprint density at radius 3 is 2.50 bits per heavy atom. The summed E-state index contributed by atoms with van der Waals surface area (Å²) < 4.78 is 37.1. The van der Waals surface area contributed by atoms with E-state index in [4.69, 9.17) is 5.11 Å². The van der Waals surface area contributed by atoms with Gasteiger partial charge in [-0.15, -0.1) is 0 Å². The number of carbonyl (C=O) groups is 1. The lowest BCUT2D eigenvalue weighted by Crippen LogP contribution is -2.55. The third kappa shape index (κ3) is 2.37. The van der Waals surface area contributed by atoms with Crippen LogP contribution in [0.4, 0.5) is 13.2 Å². The minimum Gasteiger partial charge on any atom is -0.481 e. The van der Waals surface area contributed by atoms with E-state index in [1.807, 2.05) is 0 Å². The Kier molecular flexibility index (Phi) is 3.04. The molecule has 14 heavy (non-hydrogen) atoms. The van der Waals surface area contributed by atoms with Gasteiger partial charge in [0.2, 0.25) is 0 Å². The molecule has 3 unspecified atom stereocenters. The van der Waals surface area contributed by atoms with E-state index in [0.717, 1.165) is 0 Å². The van der Waals surface area contributed by atoms with E-state index < -0.39 is 24.1 Å². The molecule has 82 valence electrons. The minimum absolute atomic E-state index is 0.0327. The number of hydrogen-bond donors (Lipinski definition) is 2. The molecule has 0 aliphatic carbocycles. The van der Waals surface area contributed by atoms with Crippen LogP contribution in [0.3, 0.4) is 0 Å². The Morgan fingerprint density at radius 1 is 1.50 bits per heavy atom. The third-order valence-electron chi connectivity index (χ3n) is 2.41. The first-order chi connectivity index (χ1) is 6.32. The van der Waals surface area contributed by atoms with Crippen LogP contribution in [0.5, 0.6) is 0 Å². The maximum absolute atomic E-state index is 12.4. The highest BCUT2D eigenvalue weighted by atomic mass is 19.4.